The molecule has 1 atom stereocenters. The molecule has 1 aromatic rings. The average molecular weight is 267 g/mol. The molecule has 1 unspecified atom stereocenters. The van der Waals surface area contributed by atoms with Crippen molar-refractivity contribution in [3.63, 3.8) is 0 Å². The van der Waals surface area contributed by atoms with Crippen molar-refractivity contribution in [2.24, 2.45) is 0 Å². The third kappa shape index (κ3) is 4.87. The Bertz CT molecular complexity index is 418. The van der Waals surface area contributed by atoms with Crippen molar-refractivity contribution in [2.45, 2.75) is 45.6 Å². The highest BCUT2D eigenvalue weighted by molar-refractivity contribution is 5.44. The second kappa shape index (κ2) is 7.74. The van der Waals surface area contributed by atoms with E-state index in [4.69, 9.17) is 4.74 Å². The molecule has 0 heterocycles. The Kier molecular flexibility index (Phi) is 6.29. The first kappa shape index (κ1) is 15.4. The first-order valence-electron chi connectivity index (χ1n) is 6.65. The van der Waals surface area contributed by atoms with Crippen LogP contribution in [0, 0.1) is 10.1 Å². The highest BCUT2D eigenvalue weighted by atomic mass is 16.6. The Morgan fingerprint density at radius 3 is 2.68 bits per heavy atom. The van der Waals surface area contributed by atoms with Gasteiger partial charge in [0.05, 0.1) is 17.6 Å². The second-order valence-corrected chi connectivity index (χ2v) is 4.56. The monoisotopic (exact) mass is 267 g/mol. The zero-order valence-electron chi connectivity index (χ0n) is 11.5. The van der Waals surface area contributed by atoms with Crippen molar-refractivity contribution in [3.8, 4) is 5.75 Å². The molecule has 0 saturated carbocycles. The van der Waals surface area contributed by atoms with Gasteiger partial charge >= 0.3 is 0 Å². The first-order chi connectivity index (χ1) is 9.06. The van der Waals surface area contributed by atoms with E-state index in [-0.39, 0.29) is 5.69 Å². The zero-order chi connectivity index (χ0) is 14.3. The SMILES string of the molecule is CCCCCCOc1ccc([N+](=O)[O-])cc1C(C)O. The van der Waals surface area contributed by atoms with Crippen LogP contribution in [0.5, 0.6) is 5.75 Å². The van der Waals surface area contributed by atoms with E-state index in [1.165, 1.54) is 18.6 Å². The molecule has 1 aromatic carbocycles. The lowest BCUT2D eigenvalue weighted by atomic mass is 10.1. The molecule has 0 spiro atoms. The minimum atomic E-state index is -0.787. The van der Waals surface area contributed by atoms with Gasteiger partial charge in [0.2, 0.25) is 0 Å². The number of rotatable bonds is 8. The van der Waals surface area contributed by atoms with Crippen molar-refractivity contribution >= 4 is 5.69 Å². The maximum atomic E-state index is 10.7. The molecule has 0 amide bonds. The van der Waals surface area contributed by atoms with Gasteiger partial charge in [-0.25, -0.2) is 0 Å². The summed E-state index contributed by atoms with van der Waals surface area (Å²) in [5.74, 6) is 0.525. The number of unbranched alkanes of at least 4 members (excludes halogenated alkanes) is 3. The number of non-ortho nitro benzene ring substituents is 1. The van der Waals surface area contributed by atoms with Crippen LogP contribution < -0.4 is 4.74 Å². The number of hydrogen-bond acceptors (Lipinski definition) is 4. The molecule has 5 nitrogen and oxygen atoms in total. The molecular weight excluding hydrogens is 246 g/mol. The predicted molar refractivity (Wildman–Crippen MR) is 73.4 cm³/mol. The fraction of sp³-hybridized carbons (Fsp3) is 0.571. The van der Waals surface area contributed by atoms with E-state index in [2.05, 4.69) is 6.92 Å². The van der Waals surface area contributed by atoms with Crippen molar-refractivity contribution in [1.82, 2.24) is 0 Å². The lowest BCUT2D eigenvalue weighted by Gasteiger charge is -2.13. The third-order valence-electron chi connectivity index (χ3n) is 2.91. The summed E-state index contributed by atoms with van der Waals surface area (Å²) >= 11 is 0. The van der Waals surface area contributed by atoms with Crippen LogP contribution in [0.3, 0.4) is 0 Å². The van der Waals surface area contributed by atoms with Crippen LogP contribution in [-0.4, -0.2) is 16.6 Å². The molecule has 0 bridgehead atoms. The maximum Gasteiger partial charge on any atom is 0.270 e. The van der Waals surface area contributed by atoms with Crippen LogP contribution in [0.15, 0.2) is 18.2 Å². The summed E-state index contributed by atoms with van der Waals surface area (Å²) in [6.07, 6.45) is 3.60. The summed E-state index contributed by atoms with van der Waals surface area (Å²) in [5.41, 5.74) is 0.430. The minimum absolute atomic E-state index is 0.0331. The van der Waals surface area contributed by atoms with E-state index in [9.17, 15) is 15.2 Å². The minimum Gasteiger partial charge on any atom is -0.493 e. The van der Waals surface area contributed by atoms with Crippen LogP contribution >= 0.6 is 0 Å². The quantitative estimate of drug-likeness (QED) is 0.443. The molecule has 0 fully saturated rings. The molecule has 0 aliphatic heterocycles. The van der Waals surface area contributed by atoms with E-state index < -0.39 is 11.0 Å². The molecule has 1 N–H and O–H groups in total. The van der Waals surface area contributed by atoms with E-state index >= 15 is 0 Å². The van der Waals surface area contributed by atoms with Crippen LogP contribution in [0.25, 0.3) is 0 Å². The topological polar surface area (TPSA) is 72.6 Å². The van der Waals surface area contributed by atoms with Gasteiger partial charge in [-0.1, -0.05) is 26.2 Å². The Labute approximate surface area is 113 Å². The number of ether oxygens (including phenoxy) is 1. The van der Waals surface area contributed by atoms with Gasteiger partial charge in [0.15, 0.2) is 0 Å². The number of aliphatic hydroxyl groups excluding tert-OH is 1. The Morgan fingerprint density at radius 2 is 2.11 bits per heavy atom. The fourth-order valence-electron chi connectivity index (χ4n) is 1.82. The van der Waals surface area contributed by atoms with E-state index in [1.54, 1.807) is 13.0 Å². The smallest absolute Gasteiger partial charge is 0.270 e. The normalized spacial score (nSPS) is 12.2. The van der Waals surface area contributed by atoms with Gasteiger partial charge in [0, 0.05) is 17.7 Å². The van der Waals surface area contributed by atoms with Crippen molar-refractivity contribution in [3.05, 3.63) is 33.9 Å². The molecule has 19 heavy (non-hydrogen) atoms. The number of nitro groups is 1. The van der Waals surface area contributed by atoms with Gasteiger partial charge in [-0.15, -0.1) is 0 Å². The van der Waals surface area contributed by atoms with Crippen molar-refractivity contribution in [1.29, 1.82) is 0 Å². The fourth-order valence-corrected chi connectivity index (χ4v) is 1.82. The number of nitrogens with zero attached hydrogens (tertiary/aromatic N) is 1. The number of benzene rings is 1. The van der Waals surface area contributed by atoms with Gasteiger partial charge in [-0.3, -0.25) is 10.1 Å². The van der Waals surface area contributed by atoms with Gasteiger partial charge in [0.25, 0.3) is 5.69 Å². The van der Waals surface area contributed by atoms with Crippen LogP contribution in [0.1, 0.15) is 51.2 Å². The van der Waals surface area contributed by atoms with Crippen LogP contribution in [-0.2, 0) is 0 Å². The number of hydrogen-bond donors (Lipinski definition) is 1. The van der Waals surface area contributed by atoms with Gasteiger partial charge in [0.1, 0.15) is 5.75 Å². The lowest BCUT2D eigenvalue weighted by Crippen LogP contribution is -2.03. The standard InChI is InChI=1S/C14H21NO4/c1-3-4-5-6-9-19-14-8-7-12(15(17)18)10-13(14)11(2)16/h7-8,10-11,16H,3-6,9H2,1-2H3. The summed E-state index contributed by atoms with van der Waals surface area (Å²) in [5, 5.41) is 20.4. The molecule has 0 radical (unpaired) electrons. The Balaban J connectivity index is 2.69. The summed E-state index contributed by atoms with van der Waals surface area (Å²) < 4.78 is 5.60. The van der Waals surface area contributed by atoms with Gasteiger partial charge < -0.3 is 9.84 Å². The molecule has 5 heteroatoms. The molecular formula is C14H21NO4. The second-order valence-electron chi connectivity index (χ2n) is 4.56. The molecule has 0 aliphatic rings. The Hall–Kier alpha value is -1.62. The Morgan fingerprint density at radius 1 is 1.37 bits per heavy atom. The van der Waals surface area contributed by atoms with Gasteiger partial charge in [-0.05, 0) is 19.4 Å². The van der Waals surface area contributed by atoms with Crippen LogP contribution in [0.2, 0.25) is 0 Å². The highest BCUT2D eigenvalue weighted by Crippen LogP contribution is 2.29. The predicted octanol–water partition coefficient (Wildman–Crippen LogP) is 3.61. The zero-order valence-corrected chi connectivity index (χ0v) is 11.5. The average Bonchev–Trinajstić information content (AvgIpc) is 2.38. The van der Waals surface area contributed by atoms with Crippen LogP contribution in [0.4, 0.5) is 5.69 Å². The van der Waals surface area contributed by atoms with Gasteiger partial charge in [-0.2, -0.15) is 0 Å². The number of nitro benzene ring substituents is 1. The number of aliphatic hydroxyl groups is 1. The van der Waals surface area contributed by atoms with E-state index in [1.807, 2.05) is 0 Å². The van der Waals surface area contributed by atoms with Crippen molar-refractivity contribution < 1.29 is 14.8 Å². The molecule has 0 aliphatic carbocycles. The molecule has 0 aromatic heterocycles. The van der Waals surface area contributed by atoms with E-state index in [0.29, 0.717) is 17.9 Å². The van der Waals surface area contributed by atoms with E-state index in [0.717, 1.165) is 19.3 Å². The lowest BCUT2D eigenvalue weighted by molar-refractivity contribution is -0.385. The third-order valence-corrected chi connectivity index (χ3v) is 2.91. The first-order valence-corrected chi connectivity index (χ1v) is 6.65. The summed E-state index contributed by atoms with van der Waals surface area (Å²) in [7, 11) is 0. The summed E-state index contributed by atoms with van der Waals surface area (Å²) in [6, 6.07) is 4.32. The molecule has 1 rings (SSSR count). The maximum absolute atomic E-state index is 10.7. The van der Waals surface area contributed by atoms with Crippen molar-refractivity contribution in [2.75, 3.05) is 6.61 Å². The molecule has 106 valence electrons. The molecule has 0 saturated heterocycles. The summed E-state index contributed by atoms with van der Waals surface area (Å²) in [6.45, 7) is 4.28. The largest absolute Gasteiger partial charge is 0.493 e. The highest BCUT2D eigenvalue weighted by Gasteiger charge is 2.15. The summed E-state index contributed by atoms with van der Waals surface area (Å²) in [4.78, 5) is 10.2.